The van der Waals surface area contributed by atoms with E-state index in [2.05, 4.69) is 99.8 Å². The molecular weight excluding hydrogens is 1070 g/mol. The van der Waals surface area contributed by atoms with Gasteiger partial charge in [-0.25, -0.2) is 0 Å². The van der Waals surface area contributed by atoms with Crippen molar-refractivity contribution in [2.24, 2.45) is 98.5 Å². The number of nitrogens with zero attached hydrogens (tertiary/aromatic N) is 4. The highest BCUT2D eigenvalue weighted by molar-refractivity contribution is 5.00. The van der Waals surface area contributed by atoms with Crippen LogP contribution in [0.4, 0.5) is 26.3 Å². The number of rotatable bonds is 2. The van der Waals surface area contributed by atoms with E-state index in [-0.39, 0.29) is 60.9 Å². The molecule has 0 bridgehead atoms. The van der Waals surface area contributed by atoms with E-state index in [9.17, 15) is 36.6 Å². The molecule has 2 unspecified atom stereocenters. The Morgan fingerprint density at radius 1 is 0.349 bits per heavy atom. The van der Waals surface area contributed by atoms with Crippen molar-refractivity contribution < 1.29 is 36.6 Å². The third kappa shape index (κ3) is 26.2. The zero-order valence-electron chi connectivity index (χ0n) is 56.1. The molecule has 0 aromatic heterocycles. The van der Waals surface area contributed by atoms with E-state index in [1.54, 1.807) is 4.90 Å². The first-order valence-corrected chi connectivity index (χ1v) is 32.4. The number of nitrogens with two attached hydrogens (primary N) is 6. The number of halogens is 6. The molecule has 18 heteroatoms. The van der Waals surface area contributed by atoms with Crippen molar-refractivity contribution in [2.45, 2.75) is 298 Å². The molecule has 4 aliphatic carbocycles. The molecule has 0 aromatic carbocycles. The molecule has 4 heterocycles. The smallest absolute Gasteiger partial charge is 0.391 e. The Labute approximate surface area is 503 Å². The highest BCUT2D eigenvalue weighted by atomic mass is 19.4. The minimum absolute atomic E-state index is 0.0517. The maximum absolute atomic E-state index is 12.7. The number of piperidine rings is 4. The topological polar surface area (TPSA) is 210 Å². The first-order chi connectivity index (χ1) is 37.4. The molecule has 494 valence electrons. The van der Waals surface area contributed by atoms with Gasteiger partial charge in [-0.3, -0.25) is 19.6 Å². The van der Waals surface area contributed by atoms with Crippen LogP contribution < -0.4 is 34.4 Å². The lowest BCUT2D eigenvalue weighted by Gasteiger charge is -2.46. The molecule has 12 nitrogen and oxygen atoms in total. The van der Waals surface area contributed by atoms with Crippen LogP contribution in [0.1, 0.15) is 215 Å². The van der Waals surface area contributed by atoms with Crippen molar-refractivity contribution in [3.8, 4) is 0 Å². The predicted molar refractivity (Wildman–Crippen MR) is 333 cm³/mol. The van der Waals surface area contributed by atoms with Gasteiger partial charge in [-0.05, 0) is 206 Å². The molecule has 8 rings (SSSR count). The zero-order chi connectivity index (χ0) is 64.0. The molecule has 8 fully saturated rings. The summed E-state index contributed by atoms with van der Waals surface area (Å²) in [6.07, 6.45) is 5.52. The highest BCUT2D eigenvalue weighted by Crippen LogP contribution is 2.44. The lowest BCUT2D eigenvalue weighted by Crippen LogP contribution is -2.63. The Bertz CT molecular complexity index is 1810. The van der Waals surface area contributed by atoms with E-state index in [0.717, 1.165) is 55.1 Å². The molecule has 83 heavy (non-hydrogen) atoms. The molecule has 0 aromatic rings. The fourth-order valence-electron chi connectivity index (χ4n) is 13.5. The zero-order valence-corrected chi connectivity index (χ0v) is 56.1. The van der Waals surface area contributed by atoms with Gasteiger partial charge >= 0.3 is 12.4 Å². The summed E-state index contributed by atoms with van der Waals surface area (Å²) in [4.78, 5) is 8.49. The average Bonchev–Trinajstić information content (AvgIpc) is 4.33. The maximum atomic E-state index is 12.7. The van der Waals surface area contributed by atoms with Crippen molar-refractivity contribution >= 4 is 0 Å². The molecule has 15 atom stereocenters. The number of aliphatic hydroxyl groups is 2. The summed E-state index contributed by atoms with van der Waals surface area (Å²) in [6.45, 7) is 46.1. The maximum Gasteiger partial charge on any atom is 0.395 e. The summed E-state index contributed by atoms with van der Waals surface area (Å²) in [5.41, 5.74) is 36.1. The first-order valence-electron chi connectivity index (χ1n) is 32.4. The summed E-state index contributed by atoms with van der Waals surface area (Å²) in [5.74, 6) is 2.52. The fraction of sp³-hybridized carbons (Fsp3) is 1.00. The molecule has 0 radical (unpaired) electrons. The number of hydrogen-bond donors (Lipinski definition) is 8. The third-order valence-electron chi connectivity index (χ3n) is 19.8. The largest absolute Gasteiger partial charge is 0.395 e. The highest BCUT2D eigenvalue weighted by Gasteiger charge is 2.51. The van der Waals surface area contributed by atoms with Crippen LogP contribution in [0, 0.1) is 64.1 Å². The Morgan fingerprint density at radius 3 is 1.16 bits per heavy atom. The van der Waals surface area contributed by atoms with Crippen LogP contribution in [0.15, 0.2) is 0 Å². The van der Waals surface area contributed by atoms with E-state index in [1.165, 1.54) is 83.6 Å². The summed E-state index contributed by atoms with van der Waals surface area (Å²) >= 11 is 0. The fourth-order valence-corrected chi connectivity index (χ4v) is 13.5. The van der Waals surface area contributed by atoms with Gasteiger partial charge in [0, 0.05) is 117 Å². The van der Waals surface area contributed by atoms with Crippen LogP contribution >= 0.6 is 0 Å². The minimum Gasteiger partial charge on any atom is -0.391 e. The average molecular weight is 1200 g/mol. The summed E-state index contributed by atoms with van der Waals surface area (Å²) in [6, 6.07) is 0.0623. The van der Waals surface area contributed by atoms with Crippen LogP contribution in [0.2, 0.25) is 0 Å². The van der Waals surface area contributed by atoms with Crippen LogP contribution in [0.5, 0.6) is 0 Å². The Kier molecular flexibility index (Phi) is 27.8. The molecule has 8 aliphatic rings. The first kappa shape index (κ1) is 76.3. The van der Waals surface area contributed by atoms with Gasteiger partial charge < -0.3 is 44.6 Å². The van der Waals surface area contributed by atoms with E-state index >= 15 is 0 Å². The van der Waals surface area contributed by atoms with E-state index < -0.39 is 36.3 Å². The number of alkyl halides is 6. The van der Waals surface area contributed by atoms with Gasteiger partial charge in [0.05, 0.1) is 24.0 Å². The van der Waals surface area contributed by atoms with Crippen molar-refractivity contribution in [1.29, 1.82) is 0 Å². The molecule has 4 aliphatic heterocycles. The second-order valence-corrected chi connectivity index (χ2v) is 33.7. The van der Waals surface area contributed by atoms with Gasteiger partial charge in [-0.15, -0.1) is 0 Å². The molecule has 4 saturated carbocycles. The van der Waals surface area contributed by atoms with Gasteiger partial charge in [0.25, 0.3) is 0 Å². The van der Waals surface area contributed by atoms with Crippen molar-refractivity contribution in [3.63, 3.8) is 0 Å². The third-order valence-corrected chi connectivity index (χ3v) is 19.8. The summed E-state index contributed by atoms with van der Waals surface area (Å²) in [7, 11) is 0. The standard InChI is InChI=1S/C12H24N2O.C12H24N2.C11H23N.C10H19F3N2O.C10H19F3N2.C10H21N/c1-12(2,3)14-6-9(8-4-5-8)11(15)10(13)7-14;1-12(2,3)14-7-10(9-4-5-9)6-11(13)8-14;1-8-5-9(11(2,3)4)7-10(12)6-8;1-9(2,3)15-4-6(10(11,12)13)8(16)7(14)5-15;1-9(2,3)15-5-7(10(11,12)13)4-8(14)6-15;1-10(2,3)8-5-4-6-9(11)7-8/h8-11,15H,4-7,13H2,1-3H3;9-11H,4-8,13H2,1-3H3;8-10H,5-7,12H2,1-4H3;6-8,16H,4-5,14H2,1-3H3;7-8H,4-6,14H2,1-3H3;8-9H,4-7,11H2,1-3H3/t9-,10-,11-;10-,11+;8-,9?,10-;6-,7+,8+;7-,8+;8?,9-/m110010/s1. The summed E-state index contributed by atoms with van der Waals surface area (Å²) in [5, 5.41) is 19.6. The molecule has 4 saturated heterocycles. The van der Waals surface area contributed by atoms with Crippen molar-refractivity contribution in [2.75, 3.05) is 52.4 Å². The normalized spacial score (nSPS) is 35.3. The quantitative estimate of drug-likeness (QED) is 0.122. The van der Waals surface area contributed by atoms with Crippen LogP contribution in [-0.2, 0) is 0 Å². The Balaban J connectivity index is 0.000000262. The van der Waals surface area contributed by atoms with E-state index in [4.69, 9.17) is 34.4 Å². The van der Waals surface area contributed by atoms with Gasteiger partial charge in [-0.2, -0.15) is 26.3 Å². The summed E-state index contributed by atoms with van der Waals surface area (Å²) < 4.78 is 75.8. The van der Waals surface area contributed by atoms with Gasteiger partial charge in [0.1, 0.15) is 0 Å². The van der Waals surface area contributed by atoms with E-state index in [0.29, 0.717) is 47.0 Å². The van der Waals surface area contributed by atoms with Crippen molar-refractivity contribution in [3.05, 3.63) is 0 Å². The van der Waals surface area contributed by atoms with Crippen LogP contribution in [0.3, 0.4) is 0 Å². The molecule has 0 amide bonds. The second kappa shape index (κ2) is 30.3. The number of likely N-dealkylation sites (tertiary alicyclic amines) is 4. The number of hydrogen-bond acceptors (Lipinski definition) is 12. The van der Waals surface area contributed by atoms with Crippen LogP contribution in [-0.4, -0.2) is 165 Å². The monoisotopic (exact) mass is 1200 g/mol. The lowest BCUT2D eigenvalue weighted by molar-refractivity contribution is -0.220. The van der Waals surface area contributed by atoms with E-state index in [1.807, 2.05) is 46.4 Å². The molecular formula is C65H130F6N10O2. The van der Waals surface area contributed by atoms with Gasteiger partial charge in [0.15, 0.2) is 0 Å². The number of aliphatic hydroxyl groups excluding tert-OH is 2. The van der Waals surface area contributed by atoms with Crippen LogP contribution in [0.25, 0.3) is 0 Å². The van der Waals surface area contributed by atoms with Gasteiger partial charge in [-0.1, -0.05) is 54.9 Å². The lowest BCUT2D eigenvalue weighted by atomic mass is 9.68. The Hall–Kier alpha value is -0.900. The molecule has 0 spiro atoms. The SMILES string of the molecule is CC(C)(C)C1CCC[C@H](N)C1.CC(C)(C)N1C[C@@H](N)C[C@@H](C(F)(F)F)C1.CC(C)(C)N1C[C@@H](N)C[C@@H](C2CC2)C1.CC(C)(C)N1C[C@@H](N)[C@H](O)[C@@H](C(F)(F)F)C1.CC(C)(C)N1C[C@@H](N)[C@H](O)[C@@H](C2CC2)C1.C[C@H]1CC(C(C)(C)C)C[C@@H](N)C1. The van der Waals surface area contributed by atoms with Gasteiger partial charge in [0.2, 0.25) is 0 Å². The molecule has 14 N–H and O–H groups in total. The Morgan fingerprint density at radius 2 is 0.759 bits per heavy atom. The predicted octanol–water partition coefficient (Wildman–Crippen LogP) is 11.0. The second-order valence-electron chi connectivity index (χ2n) is 33.7. The van der Waals surface area contributed by atoms with Crippen molar-refractivity contribution in [1.82, 2.24) is 19.6 Å². The minimum atomic E-state index is -4.40.